The van der Waals surface area contributed by atoms with Gasteiger partial charge in [0.25, 0.3) is 11.8 Å². The van der Waals surface area contributed by atoms with E-state index in [9.17, 15) is 18.4 Å². The van der Waals surface area contributed by atoms with Crippen molar-refractivity contribution < 1.29 is 23.1 Å². The number of pyridine rings is 1. The lowest BCUT2D eigenvalue weighted by Gasteiger charge is -2.37. The lowest BCUT2D eigenvalue weighted by molar-refractivity contribution is -0.142. The highest BCUT2D eigenvalue weighted by molar-refractivity contribution is 5.99. The van der Waals surface area contributed by atoms with Gasteiger partial charge in [0.15, 0.2) is 11.3 Å². The highest BCUT2D eigenvalue weighted by Crippen LogP contribution is 2.47. The molecule has 33 heavy (non-hydrogen) atoms. The number of piperidine rings is 1. The second kappa shape index (κ2) is 7.34. The normalized spacial score (nSPS) is 24.1. The Morgan fingerprint density at radius 1 is 1.09 bits per heavy atom. The highest BCUT2D eigenvalue weighted by atomic mass is 19.1. The van der Waals surface area contributed by atoms with Crippen molar-refractivity contribution in [3.63, 3.8) is 0 Å². The van der Waals surface area contributed by atoms with Gasteiger partial charge >= 0.3 is 0 Å². The van der Waals surface area contributed by atoms with Gasteiger partial charge in [-0.15, -0.1) is 0 Å². The molecule has 3 aliphatic heterocycles. The van der Waals surface area contributed by atoms with Crippen LogP contribution < -0.4 is 0 Å². The molecular weight excluding hydrogens is 430 g/mol. The number of hydrogen-bond donors (Lipinski definition) is 0. The van der Waals surface area contributed by atoms with Gasteiger partial charge in [-0.2, -0.15) is 0 Å². The first-order valence-corrected chi connectivity index (χ1v) is 11.1. The Morgan fingerprint density at radius 2 is 1.85 bits per heavy atom. The van der Waals surface area contributed by atoms with Crippen LogP contribution in [0.3, 0.4) is 0 Å². The molecule has 3 aromatic rings. The van der Waals surface area contributed by atoms with E-state index in [1.165, 1.54) is 12.1 Å². The average molecular weight is 452 g/mol. The quantitative estimate of drug-likeness (QED) is 0.599. The van der Waals surface area contributed by atoms with E-state index in [-0.39, 0.29) is 11.8 Å². The van der Waals surface area contributed by atoms with Gasteiger partial charge in [0, 0.05) is 38.2 Å². The van der Waals surface area contributed by atoms with Crippen LogP contribution in [0.2, 0.25) is 0 Å². The second-order valence-electron chi connectivity index (χ2n) is 8.95. The number of ether oxygens (including phenoxy) is 1. The van der Waals surface area contributed by atoms with E-state index in [0.717, 1.165) is 11.6 Å². The third-order valence-electron chi connectivity index (χ3n) is 7.09. The number of halogens is 2. The Morgan fingerprint density at radius 3 is 2.61 bits per heavy atom. The van der Waals surface area contributed by atoms with E-state index in [1.54, 1.807) is 20.5 Å². The third-order valence-corrected chi connectivity index (χ3v) is 7.09. The minimum atomic E-state index is -0.998. The van der Waals surface area contributed by atoms with Gasteiger partial charge in [0.1, 0.15) is 24.2 Å². The Hall–Kier alpha value is -3.33. The number of hydrogen-bond acceptors (Lipinski definition) is 4. The summed E-state index contributed by atoms with van der Waals surface area (Å²) in [7, 11) is 0. The topological polar surface area (TPSA) is 67.2 Å². The summed E-state index contributed by atoms with van der Waals surface area (Å²) < 4.78 is 35.6. The van der Waals surface area contributed by atoms with Crippen molar-refractivity contribution in [1.29, 1.82) is 0 Å². The number of aromatic nitrogens is 2. The SMILES string of the molecule is O=C(c1ncn2ccccc12)N1CCC2(CC1)OC1CCC(c3cc(F)cc(F)c3)N1C2=O. The minimum Gasteiger partial charge on any atom is -0.342 e. The van der Waals surface area contributed by atoms with Crippen molar-refractivity contribution in [2.45, 2.75) is 43.6 Å². The lowest BCUT2D eigenvalue weighted by atomic mass is 9.89. The molecule has 6 rings (SSSR count). The maximum absolute atomic E-state index is 13.8. The second-order valence-corrected chi connectivity index (χ2v) is 8.95. The summed E-state index contributed by atoms with van der Waals surface area (Å²) in [5.74, 6) is -1.64. The molecule has 2 atom stereocenters. The van der Waals surface area contributed by atoms with Crippen LogP contribution in [-0.4, -0.2) is 55.9 Å². The molecule has 170 valence electrons. The predicted molar refractivity (Wildman–Crippen MR) is 113 cm³/mol. The van der Waals surface area contributed by atoms with Crippen LogP contribution in [0.25, 0.3) is 5.52 Å². The van der Waals surface area contributed by atoms with Crippen molar-refractivity contribution in [1.82, 2.24) is 19.2 Å². The molecule has 0 N–H and O–H groups in total. The van der Waals surface area contributed by atoms with Crippen LogP contribution in [-0.2, 0) is 9.53 Å². The fraction of sp³-hybridized carbons (Fsp3) is 0.375. The number of nitrogens with zero attached hydrogens (tertiary/aromatic N) is 4. The molecule has 9 heteroatoms. The molecule has 0 bridgehead atoms. The fourth-order valence-electron chi connectivity index (χ4n) is 5.47. The molecule has 2 unspecified atom stereocenters. The summed E-state index contributed by atoms with van der Waals surface area (Å²) >= 11 is 0. The van der Waals surface area contributed by atoms with Gasteiger partial charge in [-0.3, -0.25) is 9.59 Å². The third kappa shape index (κ3) is 3.13. The zero-order chi connectivity index (χ0) is 22.7. The van der Waals surface area contributed by atoms with Gasteiger partial charge in [-0.05, 0) is 42.7 Å². The van der Waals surface area contributed by atoms with Gasteiger partial charge in [0.05, 0.1) is 11.6 Å². The van der Waals surface area contributed by atoms with Crippen LogP contribution in [0.1, 0.15) is 47.8 Å². The van der Waals surface area contributed by atoms with Gasteiger partial charge in [-0.25, -0.2) is 13.8 Å². The van der Waals surface area contributed by atoms with Crippen LogP contribution in [0.4, 0.5) is 8.78 Å². The molecular formula is C24H22F2N4O3. The summed E-state index contributed by atoms with van der Waals surface area (Å²) in [5, 5.41) is 0. The Kier molecular flexibility index (Phi) is 4.52. The van der Waals surface area contributed by atoms with Crippen molar-refractivity contribution in [3.8, 4) is 0 Å². The summed E-state index contributed by atoms with van der Waals surface area (Å²) in [6, 6.07) is 8.56. The molecule has 3 aliphatic rings. The van der Waals surface area contributed by atoms with E-state index in [0.29, 0.717) is 50.0 Å². The van der Waals surface area contributed by atoms with E-state index in [1.807, 2.05) is 24.4 Å². The van der Waals surface area contributed by atoms with E-state index >= 15 is 0 Å². The first kappa shape index (κ1) is 20.3. The highest BCUT2D eigenvalue weighted by Gasteiger charge is 2.58. The van der Waals surface area contributed by atoms with Gasteiger partial charge < -0.3 is 18.9 Å². The number of amides is 2. The molecule has 1 spiro atoms. The smallest absolute Gasteiger partial charge is 0.274 e. The lowest BCUT2D eigenvalue weighted by Crippen LogP contribution is -2.51. The molecule has 0 radical (unpaired) electrons. The molecule has 0 aliphatic carbocycles. The van der Waals surface area contributed by atoms with Crippen molar-refractivity contribution in [2.75, 3.05) is 13.1 Å². The molecule has 2 aromatic heterocycles. The Balaban J connectivity index is 1.20. The van der Waals surface area contributed by atoms with Crippen molar-refractivity contribution >= 4 is 17.3 Å². The molecule has 3 fully saturated rings. The number of rotatable bonds is 2. The first-order valence-electron chi connectivity index (χ1n) is 11.1. The summed E-state index contributed by atoms with van der Waals surface area (Å²) in [4.78, 5) is 34.2. The minimum absolute atomic E-state index is 0.154. The Labute approximate surface area is 188 Å². The molecule has 5 heterocycles. The summed E-state index contributed by atoms with van der Waals surface area (Å²) in [6.07, 6.45) is 4.99. The predicted octanol–water partition coefficient (Wildman–Crippen LogP) is 3.31. The summed E-state index contributed by atoms with van der Waals surface area (Å²) in [5.41, 5.74) is 0.575. The average Bonchev–Trinajstić information content (AvgIpc) is 3.48. The standard InChI is InChI=1S/C24H22F2N4O3/c25-16-11-15(12-17(26)13-16)18-4-5-20-30(18)23(32)24(33-20)6-9-28(10-7-24)22(31)21-19-3-1-2-8-29(19)14-27-21/h1-3,8,11-14,18,20H,4-7,9-10H2. The zero-order valence-corrected chi connectivity index (χ0v) is 17.8. The van der Waals surface area contributed by atoms with Crippen LogP contribution in [0.5, 0.6) is 0 Å². The molecule has 0 saturated carbocycles. The maximum atomic E-state index is 13.8. The summed E-state index contributed by atoms with van der Waals surface area (Å²) in [6.45, 7) is 0.743. The van der Waals surface area contributed by atoms with Crippen molar-refractivity contribution in [2.24, 2.45) is 0 Å². The van der Waals surface area contributed by atoms with Crippen LogP contribution in [0, 0.1) is 11.6 Å². The number of carbonyl (C=O) groups is 2. The number of carbonyl (C=O) groups excluding carboxylic acids is 2. The molecule has 3 saturated heterocycles. The van der Waals surface area contributed by atoms with Gasteiger partial charge in [-0.1, -0.05) is 6.07 Å². The van der Waals surface area contributed by atoms with Crippen molar-refractivity contribution in [3.05, 3.63) is 71.8 Å². The zero-order valence-electron chi connectivity index (χ0n) is 17.8. The fourth-order valence-corrected chi connectivity index (χ4v) is 5.47. The van der Waals surface area contributed by atoms with E-state index in [2.05, 4.69) is 4.98 Å². The number of fused-ring (bicyclic) bond motifs is 2. The first-order chi connectivity index (χ1) is 15.9. The number of benzene rings is 1. The number of imidazole rings is 1. The van der Waals surface area contributed by atoms with Gasteiger partial charge in [0.2, 0.25) is 0 Å². The molecule has 7 nitrogen and oxygen atoms in total. The Bertz CT molecular complexity index is 1250. The monoisotopic (exact) mass is 452 g/mol. The largest absolute Gasteiger partial charge is 0.342 e. The molecule has 1 aromatic carbocycles. The van der Waals surface area contributed by atoms with Crippen LogP contribution >= 0.6 is 0 Å². The van der Waals surface area contributed by atoms with Crippen LogP contribution in [0.15, 0.2) is 48.9 Å². The van der Waals surface area contributed by atoms with E-state index < -0.39 is 29.5 Å². The maximum Gasteiger partial charge on any atom is 0.274 e. The molecule has 2 amide bonds. The number of likely N-dealkylation sites (tertiary alicyclic amines) is 1. The van der Waals surface area contributed by atoms with E-state index in [4.69, 9.17) is 4.74 Å².